The van der Waals surface area contributed by atoms with Gasteiger partial charge in [-0.3, -0.25) is 32.5 Å². The molecule has 0 aromatic carbocycles. The number of nitrogens with one attached hydrogen (secondary N) is 2. The zero-order chi connectivity index (χ0) is 39.9. The Morgan fingerprint density at radius 2 is 1.70 bits per heavy atom. The van der Waals surface area contributed by atoms with E-state index in [1.54, 1.807) is 13.8 Å². The van der Waals surface area contributed by atoms with Gasteiger partial charge in [-0.05, 0) is 0 Å². The molecule has 1 aliphatic heterocycles. The summed E-state index contributed by atoms with van der Waals surface area (Å²) < 4.78 is 61.9. The number of imidazole rings is 1. The minimum Gasteiger partial charge on any atom is -0.386 e. The average Bonchev–Trinajstić information content (AvgIpc) is 3.60. The minimum atomic E-state index is -5.56. The molecule has 10 N–H and O–H groups in total. The number of aromatic nitrogens is 4. The maximum Gasteiger partial charge on any atom is 0.481 e. The number of fused-ring (bicyclic) bond motifs is 1. The number of anilines is 1. The predicted octanol–water partition coefficient (Wildman–Crippen LogP) is -1.06. The van der Waals surface area contributed by atoms with Crippen molar-refractivity contribution in [2.75, 3.05) is 37.8 Å². The maximum absolute atomic E-state index is 12.6. The first-order chi connectivity index (χ1) is 24.4. The molecule has 7 atom stereocenters. The third-order valence-corrected chi connectivity index (χ3v) is 11.5. The van der Waals surface area contributed by atoms with Crippen molar-refractivity contribution in [3.63, 3.8) is 0 Å². The Hall–Kier alpha value is -1.44. The van der Waals surface area contributed by atoms with Crippen molar-refractivity contribution in [2.45, 2.75) is 64.8 Å². The van der Waals surface area contributed by atoms with Gasteiger partial charge < -0.3 is 50.9 Å². The van der Waals surface area contributed by atoms with Gasteiger partial charge in [-0.25, -0.2) is 28.6 Å². The number of carbonyl (C=O) groups excluding carboxylic acids is 3. The van der Waals surface area contributed by atoms with E-state index in [9.17, 15) is 57.9 Å². The predicted molar refractivity (Wildman–Crippen MR) is 188 cm³/mol. The average molecular weight is 861 g/mol. The fraction of sp³-hybridized carbons (Fsp3) is 0.680. The molecule has 1 saturated heterocycles. The van der Waals surface area contributed by atoms with Crippen molar-refractivity contribution < 1.29 is 80.5 Å². The summed E-state index contributed by atoms with van der Waals surface area (Å²) in [5.41, 5.74) is 4.26. The van der Waals surface area contributed by atoms with Crippen molar-refractivity contribution in [2.24, 2.45) is 11.3 Å². The minimum absolute atomic E-state index is 0. The van der Waals surface area contributed by atoms with Gasteiger partial charge in [-0.15, -0.1) is 0 Å². The molecule has 0 spiro atoms. The van der Waals surface area contributed by atoms with Crippen LogP contribution in [0.15, 0.2) is 12.7 Å². The molecule has 0 aliphatic carbocycles. The Labute approximate surface area is 334 Å². The van der Waals surface area contributed by atoms with Crippen LogP contribution >= 0.6 is 35.2 Å². The van der Waals surface area contributed by atoms with E-state index in [2.05, 4.69) is 34.4 Å². The number of aliphatic hydroxyl groups is 2. The van der Waals surface area contributed by atoms with Crippen molar-refractivity contribution in [3.8, 4) is 0 Å². The molecule has 54 heavy (non-hydrogen) atoms. The smallest absolute Gasteiger partial charge is 0.386 e. The number of hydrogen-bond acceptors (Lipinski definition) is 18. The van der Waals surface area contributed by atoms with Crippen LogP contribution in [-0.4, -0.2) is 152 Å². The first-order valence-corrected chi connectivity index (χ1v) is 21.0. The van der Waals surface area contributed by atoms with Gasteiger partial charge in [-0.1, -0.05) is 39.5 Å². The van der Waals surface area contributed by atoms with E-state index < -0.39 is 84.6 Å². The molecule has 3 heterocycles. The second-order valence-corrected chi connectivity index (χ2v) is 17.7. The molecule has 0 saturated carbocycles. The molecule has 2 aromatic heterocycles. The van der Waals surface area contributed by atoms with Crippen LogP contribution in [-0.2, 0) is 50.7 Å². The molecular formula is C25H42N7NaO17P3S. The molecule has 301 valence electrons. The van der Waals surface area contributed by atoms with Crippen LogP contribution in [0, 0.1) is 11.3 Å². The summed E-state index contributed by atoms with van der Waals surface area (Å²) in [6.07, 6.45) is -6.89. The van der Waals surface area contributed by atoms with Crippen LogP contribution in [0.4, 0.5) is 5.82 Å². The number of nitrogens with two attached hydrogens (primary N) is 1. The molecule has 2 amide bonds. The zero-order valence-electron chi connectivity index (χ0n) is 29.7. The second kappa shape index (κ2) is 20.3. The summed E-state index contributed by atoms with van der Waals surface area (Å²) in [5, 5.41) is 26.3. The number of amides is 2. The first-order valence-electron chi connectivity index (χ1n) is 15.5. The number of aliphatic hydroxyl groups excluding tert-OH is 2. The van der Waals surface area contributed by atoms with Gasteiger partial charge in [0.1, 0.15) is 36.3 Å². The number of hydrogen-bond donors (Lipinski definition) is 9. The number of nitrogen functional groups attached to an aromatic ring is 1. The Morgan fingerprint density at radius 1 is 1.06 bits per heavy atom. The Bertz CT molecular complexity index is 1770. The fourth-order valence-electron chi connectivity index (χ4n) is 4.45. The van der Waals surface area contributed by atoms with E-state index >= 15 is 0 Å². The molecular weight excluding hydrogens is 818 g/mol. The van der Waals surface area contributed by atoms with E-state index in [0.717, 1.165) is 29.0 Å². The van der Waals surface area contributed by atoms with Crippen molar-refractivity contribution >= 4 is 98.7 Å². The van der Waals surface area contributed by atoms with Crippen LogP contribution in [0.25, 0.3) is 11.2 Å². The van der Waals surface area contributed by atoms with Crippen molar-refractivity contribution in [1.29, 1.82) is 0 Å². The van der Waals surface area contributed by atoms with Crippen molar-refractivity contribution in [1.82, 2.24) is 30.2 Å². The summed E-state index contributed by atoms with van der Waals surface area (Å²) in [7, 11) is -16.4. The third kappa shape index (κ3) is 14.5. The largest absolute Gasteiger partial charge is 0.481 e. The Kier molecular flexibility index (Phi) is 18.3. The number of phosphoric ester groups is 3. The van der Waals surface area contributed by atoms with E-state index in [1.807, 2.05) is 0 Å². The number of carbonyl (C=O) groups is 3. The van der Waals surface area contributed by atoms with Gasteiger partial charge in [0.25, 0.3) is 0 Å². The van der Waals surface area contributed by atoms with E-state index in [1.165, 1.54) is 13.8 Å². The molecule has 2 aromatic rings. The molecule has 1 aliphatic rings. The van der Waals surface area contributed by atoms with Crippen LogP contribution in [0.2, 0.25) is 0 Å². The molecule has 0 bridgehead atoms. The maximum atomic E-state index is 12.6. The summed E-state index contributed by atoms with van der Waals surface area (Å²) >= 11 is 1.08. The molecule has 24 nitrogen and oxygen atoms in total. The van der Waals surface area contributed by atoms with Crippen LogP contribution in [0.5, 0.6) is 0 Å². The van der Waals surface area contributed by atoms with E-state index in [0.29, 0.717) is 5.75 Å². The molecule has 3 rings (SSSR count). The topological polar surface area (TPSA) is 364 Å². The van der Waals surface area contributed by atoms with Crippen LogP contribution in [0.3, 0.4) is 0 Å². The van der Waals surface area contributed by atoms with Gasteiger partial charge in [0.15, 0.2) is 22.8 Å². The van der Waals surface area contributed by atoms with Gasteiger partial charge in [0.2, 0.25) is 11.8 Å². The Balaban J connectivity index is 0.0000101. The SMILES string of the molecule is CC(C)C(=O)SCCNC(=O)CCNC(=O)[C@H](O)C(C)(C)COP(=O)(O)OP(=O)(O)OC[C@H]1O[C@@H](n2cnc3c(N)ncnc32)[C@H](O)[C@@H]1OP(=O)(O)O.[Na]. The van der Waals surface area contributed by atoms with Gasteiger partial charge in [0, 0.05) is 66.2 Å². The molecule has 1 fully saturated rings. The molecule has 29 heteroatoms. The monoisotopic (exact) mass is 860 g/mol. The van der Waals surface area contributed by atoms with Crippen LogP contribution < -0.4 is 16.4 Å². The summed E-state index contributed by atoms with van der Waals surface area (Å²) in [6.45, 7) is 4.03. The number of thioether (sulfide) groups is 1. The Morgan fingerprint density at radius 3 is 2.33 bits per heavy atom. The summed E-state index contributed by atoms with van der Waals surface area (Å²) in [5.74, 6) is -1.22. The van der Waals surface area contributed by atoms with E-state index in [-0.39, 0.29) is 77.1 Å². The first kappa shape index (κ1) is 48.7. The third-order valence-electron chi connectivity index (χ3n) is 7.22. The van der Waals surface area contributed by atoms with Crippen molar-refractivity contribution in [3.05, 3.63) is 12.7 Å². The normalized spacial score (nSPS) is 21.9. The number of ether oxygens (including phenoxy) is 1. The van der Waals surface area contributed by atoms with Gasteiger partial charge in [-0.2, -0.15) is 4.31 Å². The number of nitrogens with zero attached hydrogens (tertiary/aromatic N) is 4. The van der Waals surface area contributed by atoms with Crippen LogP contribution in [0.1, 0.15) is 40.3 Å². The second-order valence-electron chi connectivity index (χ2n) is 12.4. The summed E-state index contributed by atoms with van der Waals surface area (Å²) in [4.78, 5) is 86.9. The van der Waals surface area contributed by atoms with Gasteiger partial charge >= 0.3 is 23.5 Å². The fourth-order valence-corrected chi connectivity index (χ4v) is 8.02. The number of rotatable bonds is 20. The standard InChI is InChI=1S/C25H42N7O17P3S.Na/c1-13(2)24(37)53-8-7-27-15(33)5-6-28-22(36)19(35)25(3,4)10-46-52(43,44)49-51(41,42)45-9-14-18(48-50(38,39)40)17(34)23(47-14)32-12-31-16-20(26)29-11-30-21(16)32;/h11-14,17-19,23,34-35H,5-10H2,1-4H3,(H,27,33)(H,28,36)(H,41,42)(H,43,44)(H2,26,29,30)(H2,38,39,40);/t14-,17-,18-,19+,23-;/m1./s1. The zero-order valence-corrected chi connectivity index (χ0v) is 35.2. The van der Waals surface area contributed by atoms with E-state index in [4.69, 9.17) is 19.5 Å². The van der Waals surface area contributed by atoms with Gasteiger partial charge in [0.05, 0.1) is 19.5 Å². The molecule has 2 unspecified atom stereocenters. The number of phosphoric acid groups is 3. The quantitative estimate of drug-likeness (QED) is 0.0435. The summed E-state index contributed by atoms with van der Waals surface area (Å²) in [6, 6.07) is 0. The molecule has 1 radical (unpaired) electrons.